The van der Waals surface area contributed by atoms with Gasteiger partial charge in [0.25, 0.3) is 0 Å². The first-order valence-corrected chi connectivity index (χ1v) is 6.13. The van der Waals surface area contributed by atoms with Gasteiger partial charge in [0, 0.05) is 18.5 Å². The Morgan fingerprint density at radius 2 is 1.84 bits per heavy atom. The third kappa shape index (κ3) is 4.95. The van der Waals surface area contributed by atoms with Gasteiger partial charge in [-0.25, -0.2) is 4.79 Å². The highest BCUT2D eigenvalue weighted by molar-refractivity contribution is 5.98. The molecular formula is C15H20N2O2. The van der Waals surface area contributed by atoms with Crippen LogP contribution in [0.15, 0.2) is 46.6 Å². The van der Waals surface area contributed by atoms with Crippen molar-refractivity contribution in [3.05, 3.63) is 47.2 Å². The number of hydrogen-bond acceptors (Lipinski definition) is 3. The van der Waals surface area contributed by atoms with Crippen molar-refractivity contribution in [2.75, 3.05) is 7.05 Å². The maximum Gasteiger partial charge on any atom is 0.411 e. The molecule has 0 bridgehead atoms. The van der Waals surface area contributed by atoms with Crippen LogP contribution < -0.4 is 5.32 Å². The smallest absolute Gasteiger partial charge is 0.411 e. The fourth-order valence-corrected chi connectivity index (χ4v) is 1.45. The molecule has 19 heavy (non-hydrogen) atoms. The first-order valence-electron chi connectivity index (χ1n) is 6.13. The molecule has 1 aromatic rings. The van der Waals surface area contributed by atoms with Crippen LogP contribution in [-0.2, 0) is 11.3 Å². The molecule has 102 valence electrons. The van der Waals surface area contributed by atoms with Crippen molar-refractivity contribution in [2.24, 2.45) is 4.99 Å². The van der Waals surface area contributed by atoms with Gasteiger partial charge in [-0.3, -0.25) is 10.3 Å². The molecule has 0 heterocycles. The normalized spacial score (nSPS) is 12.7. The molecule has 1 rings (SSSR count). The van der Waals surface area contributed by atoms with Gasteiger partial charge in [0.05, 0.1) is 0 Å². The van der Waals surface area contributed by atoms with Crippen molar-refractivity contribution < 1.29 is 9.53 Å². The lowest BCUT2D eigenvalue weighted by Crippen LogP contribution is -2.24. The minimum Gasteiger partial charge on any atom is -0.444 e. The average molecular weight is 260 g/mol. The maximum atomic E-state index is 11.6. The minimum absolute atomic E-state index is 0.264. The lowest BCUT2D eigenvalue weighted by atomic mass is 10.1. The molecule has 1 aromatic carbocycles. The molecule has 0 aliphatic carbocycles. The fourth-order valence-electron chi connectivity index (χ4n) is 1.45. The van der Waals surface area contributed by atoms with Gasteiger partial charge in [-0.1, -0.05) is 30.3 Å². The SMILES string of the molecule is C/N=C(C)\C(C)=C(\C)NC(=O)OCc1ccccc1. The van der Waals surface area contributed by atoms with E-state index in [0.717, 1.165) is 22.5 Å². The van der Waals surface area contributed by atoms with Crippen LogP contribution in [0.25, 0.3) is 0 Å². The number of carbonyl (C=O) groups excluding carboxylic acids is 1. The van der Waals surface area contributed by atoms with Crippen LogP contribution in [0.1, 0.15) is 26.3 Å². The van der Waals surface area contributed by atoms with Crippen LogP contribution in [0, 0.1) is 0 Å². The highest BCUT2D eigenvalue weighted by atomic mass is 16.5. The number of carbonyl (C=O) groups is 1. The lowest BCUT2D eigenvalue weighted by Gasteiger charge is -2.10. The second-order valence-corrected chi connectivity index (χ2v) is 4.25. The Labute approximate surface area is 114 Å². The number of ether oxygens (including phenoxy) is 1. The summed E-state index contributed by atoms with van der Waals surface area (Å²) in [7, 11) is 1.72. The van der Waals surface area contributed by atoms with Crippen LogP contribution in [0.4, 0.5) is 4.79 Å². The molecule has 0 radical (unpaired) electrons. The summed E-state index contributed by atoms with van der Waals surface area (Å²) < 4.78 is 5.14. The van der Waals surface area contributed by atoms with Crippen molar-refractivity contribution in [1.82, 2.24) is 5.32 Å². The molecule has 1 N–H and O–H groups in total. The van der Waals surface area contributed by atoms with Crippen LogP contribution in [0.5, 0.6) is 0 Å². The van der Waals surface area contributed by atoms with E-state index in [9.17, 15) is 4.79 Å². The van der Waals surface area contributed by atoms with Crippen LogP contribution in [-0.4, -0.2) is 18.9 Å². The lowest BCUT2D eigenvalue weighted by molar-refractivity contribution is 0.142. The summed E-state index contributed by atoms with van der Waals surface area (Å²) in [6.07, 6.45) is -0.454. The van der Waals surface area contributed by atoms with Crippen LogP contribution >= 0.6 is 0 Å². The van der Waals surface area contributed by atoms with Crippen molar-refractivity contribution in [1.29, 1.82) is 0 Å². The van der Waals surface area contributed by atoms with E-state index in [1.807, 2.05) is 51.1 Å². The quantitative estimate of drug-likeness (QED) is 0.844. The topological polar surface area (TPSA) is 50.7 Å². The zero-order chi connectivity index (χ0) is 14.3. The van der Waals surface area contributed by atoms with Crippen molar-refractivity contribution in [3.63, 3.8) is 0 Å². The van der Waals surface area contributed by atoms with E-state index in [-0.39, 0.29) is 6.61 Å². The predicted octanol–water partition coefficient (Wildman–Crippen LogP) is 3.30. The number of rotatable bonds is 4. The van der Waals surface area contributed by atoms with Gasteiger partial charge in [-0.05, 0) is 31.9 Å². The van der Waals surface area contributed by atoms with Gasteiger partial charge >= 0.3 is 6.09 Å². The molecule has 0 unspecified atom stereocenters. The Kier molecular flexibility index (Phi) is 5.79. The number of benzene rings is 1. The van der Waals surface area contributed by atoms with E-state index in [0.29, 0.717) is 0 Å². The molecule has 4 nitrogen and oxygen atoms in total. The van der Waals surface area contributed by atoms with E-state index in [2.05, 4.69) is 10.3 Å². The summed E-state index contributed by atoms with van der Waals surface area (Å²) in [6, 6.07) is 9.57. The molecule has 0 aliphatic heterocycles. The third-order valence-electron chi connectivity index (χ3n) is 2.94. The summed E-state index contributed by atoms with van der Waals surface area (Å²) in [4.78, 5) is 15.7. The number of aliphatic imine (C=N–C) groups is 1. The monoisotopic (exact) mass is 260 g/mol. The van der Waals surface area contributed by atoms with E-state index < -0.39 is 6.09 Å². The Bertz CT molecular complexity index is 490. The Morgan fingerprint density at radius 3 is 2.42 bits per heavy atom. The van der Waals surface area contributed by atoms with Gasteiger partial charge in [-0.15, -0.1) is 0 Å². The highest BCUT2D eigenvalue weighted by Crippen LogP contribution is 2.04. The number of allylic oxidation sites excluding steroid dienone is 2. The van der Waals surface area contributed by atoms with E-state index >= 15 is 0 Å². The fraction of sp³-hybridized carbons (Fsp3) is 0.333. The van der Waals surface area contributed by atoms with Gasteiger partial charge < -0.3 is 4.74 Å². The first kappa shape index (κ1) is 15.0. The van der Waals surface area contributed by atoms with E-state index in [1.165, 1.54) is 0 Å². The zero-order valence-electron chi connectivity index (χ0n) is 11.9. The number of amides is 1. The minimum atomic E-state index is -0.454. The molecule has 0 fully saturated rings. The molecular weight excluding hydrogens is 240 g/mol. The number of nitrogens with one attached hydrogen (secondary N) is 1. The molecule has 0 atom stereocenters. The van der Waals surface area contributed by atoms with Crippen molar-refractivity contribution in [3.8, 4) is 0 Å². The van der Waals surface area contributed by atoms with Gasteiger partial charge in [-0.2, -0.15) is 0 Å². The second-order valence-electron chi connectivity index (χ2n) is 4.25. The van der Waals surface area contributed by atoms with Gasteiger partial charge in [0.2, 0.25) is 0 Å². The molecule has 0 aliphatic rings. The molecule has 0 aromatic heterocycles. The second kappa shape index (κ2) is 7.36. The van der Waals surface area contributed by atoms with Crippen molar-refractivity contribution in [2.45, 2.75) is 27.4 Å². The Hall–Kier alpha value is -2.10. The molecule has 1 amide bonds. The Balaban J connectivity index is 2.52. The number of hydrogen-bond donors (Lipinski definition) is 1. The maximum absolute atomic E-state index is 11.6. The first-order chi connectivity index (χ1) is 9.04. The highest BCUT2D eigenvalue weighted by Gasteiger charge is 2.06. The van der Waals surface area contributed by atoms with E-state index in [1.54, 1.807) is 7.05 Å². The van der Waals surface area contributed by atoms with Gasteiger partial charge in [0.15, 0.2) is 0 Å². The average Bonchev–Trinajstić information content (AvgIpc) is 2.44. The molecule has 0 saturated carbocycles. The van der Waals surface area contributed by atoms with E-state index in [4.69, 9.17) is 4.74 Å². The van der Waals surface area contributed by atoms with Crippen molar-refractivity contribution >= 4 is 11.8 Å². The summed E-state index contributed by atoms with van der Waals surface area (Å²) in [5.41, 5.74) is 3.54. The summed E-state index contributed by atoms with van der Waals surface area (Å²) in [5, 5.41) is 2.70. The largest absolute Gasteiger partial charge is 0.444 e. The molecule has 0 spiro atoms. The van der Waals surface area contributed by atoms with Crippen LogP contribution in [0.2, 0.25) is 0 Å². The van der Waals surface area contributed by atoms with Crippen LogP contribution in [0.3, 0.4) is 0 Å². The molecule has 4 heteroatoms. The summed E-state index contributed by atoms with van der Waals surface area (Å²) in [5.74, 6) is 0. The van der Waals surface area contributed by atoms with Gasteiger partial charge in [0.1, 0.15) is 6.61 Å². The Morgan fingerprint density at radius 1 is 1.21 bits per heavy atom. The predicted molar refractivity (Wildman–Crippen MR) is 77.2 cm³/mol. The molecule has 0 saturated heterocycles. The number of alkyl carbamates (subject to hydrolysis) is 1. The zero-order valence-corrected chi connectivity index (χ0v) is 11.9. The summed E-state index contributed by atoms with van der Waals surface area (Å²) >= 11 is 0. The third-order valence-corrected chi connectivity index (χ3v) is 2.94. The summed E-state index contributed by atoms with van der Waals surface area (Å²) in [6.45, 7) is 5.90. The standard InChI is InChI=1S/C15H20N2O2/c1-11(12(2)16-4)13(3)17-15(18)19-10-14-8-6-5-7-9-14/h5-9H,10H2,1-4H3,(H,17,18)/b13-11-,16-12-. The number of nitrogens with zero attached hydrogens (tertiary/aromatic N) is 1.